The number of ether oxygens (including phenoxy) is 2. The van der Waals surface area contributed by atoms with Crippen molar-refractivity contribution in [2.24, 2.45) is 5.73 Å². The summed E-state index contributed by atoms with van der Waals surface area (Å²) in [5, 5.41) is 0. The number of rotatable bonds is 6. The summed E-state index contributed by atoms with van der Waals surface area (Å²) in [4.78, 5) is 13.9. The molecule has 0 saturated carbocycles. The van der Waals surface area contributed by atoms with Crippen LogP contribution in [0, 0.1) is 0 Å². The summed E-state index contributed by atoms with van der Waals surface area (Å²) in [7, 11) is 3.33. The number of carbonyl (C=O) groups is 1. The van der Waals surface area contributed by atoms with E-state index in [4.69, 9.17) is 15.2 Å². The zero-order chi connectivity index (χ0) is 17.8. The smallest absolute Gasteiger partial charge is 0.234 e. The van der Waals surface area contributed by atoms with Gasteiger partial charge >= 0.3 is 0 Å². The molecule has 0 unspecified atom stereocenters. The van der Waals surface area contributed by atoms with Gasteiger partial charge in [0.25, 0.3) is 0 Å². The van der Waals surface area contributed by atoms with Crippen LogP contribution in [0.5, 0.6) is 5.75 Å². The predicted octanol–water partition coefficient (Wildman–Crippen LogP) is 2.44. The molecule has 1 heterocycles. The molecule has 5 nitrogen and oxygen atoms in total. The molecule has 1 aliphatic rings. The molecule has 1 amide bonds. The summed E-state index contributed by atoms with van der Waals surface area (Å²) >= 11 is 0. The van der Waals surface area contributed by atoms with E-state index in [0.717, 1.165) is 22.4 Å². The quantitative estimate of drug-likeness (QED) is 0.877. The molecule has 0 aromatic heterocycles. The highest BCUT2D eigenvalue weighted by Gasteiger charge is 2.36. The molecule has 0 radical (unpaired) electrons. The van der Waals surface area contributed by atoms with Gasteiger partial charge in [-0.1, -0.05) is 36.4 Å². The van der Waals surface area contributed by atoms with Crippen LogP contribution in [0.25, 0.3) is 11.1 Å². The van der Waals surface area contributed by atoms with Crippen LogP contribution in [-0.2, 0) is 16.1 Å². The van der Waals surface area contributed by atoms with Gasteiger partial charge in [0.1, 0.15) is 5.75 Å². The Morgan fingerprint density at radius 2 is 1.92 bits per heavy atom. The summed E-state index contributed by atoms with van der Waals surface area (Å²) in [6, 6.07) is 16.0. The predicted molar refractivity (Wildman–Crippen MR) is 97.2 cm³/mol. The number of methoxy groups -OCH3 is 2. The molecule has 2 N–H and O–H groups in total. The van der Waals surface area contributed by atoms with Gasteiger partial charge in [0.05, 0.1) is 19.3 Å². The van der Waals surface area contributed by atoms with E-state index in [-0.39, 0.29) is 18.1 Å². The first kappa shape index (κ1) is 17.5. The fourth-order valence-corrected chi connectivity index (χ4v) is 3.43. The minimum absolute atomic E-state index is 0.0285. The summed E-state index contributed by atoms with van der Waals surface area (Å²) < 4.78 is 10.9. The van der Waals surface area contributed by atoms with Crippen LogP contribution in [-0.4, -0.2) is 43.7 Å². The van der Waals surface area contributed by atoms with Crippen molar-refractivity contribution < 1.29 is 14.3 Å². The lowest BCUT2D eigenvalue weighted by molar-refractivity contribution is -0.122. The van der Waals surface area contributed by atoms with Gasteiger partial charge in [-0.15, -0.1) is 0 Å². The molecular formula is C20H24N2O3. The van der Waals surface area contributed by atoms with E-state index in [0.29, 0.717) is 19.5 Å². The fraction of sp³-hybridized carbons (Fsp3) is 0.350. The van der Waals surface area contributed by atoms with Crippen molar-refractivity contribution in [2.45, 2.75) is 25.1 Å². The number of nitrogens with two attached hydrogens (primary N) is 1. The van der Waals surface area contributed by atoms with Crippen molar-refractivity contribution in [3.63, 3.8) is 0 Å². The Kier molecular flexibility index (Phi) is 5.36. The van der Waals surface area contributed by atoms with E-state index in [1.807, 2.05) is 30.3 Å². The Hall–Kier alpha value is -2.37. The SMILES string of the molecule is COc1ccc(-c2ccccc2)cc1CN1C[C@@H](OC)C[C@H]1C(N)=O. The number of carbonyl (C=O) groups excluding carboxylic acids is 1. The van der Waals surface area contributed by atoms with E-state index in [1.165, 1.54) is 0 Å². The van der Waals surface area contributed by atoms with Gasteiger partial charge in [-0.25, -0.2) is 0 Å². The molecule has 132 valence electrons. The first-order chi connectivity index (χ1) is 12.1. The third kappa shape index (κ3) is 3.83. The molecule has 25 heavy (non-hydrogen) atoms. The van der Waals surface area contributed by atoms with E-state index in [9.17, 15) is 4.79 Å². The molecule has 2 aromatic rings. The Morgan fingerprint density at radius 1 is 1.16 bits per heavy atom. The highest BCUT2D eigenvalue weighted by atomic mass is 16.5. The second kappa shape index (κ2) is 7.68. The van der Waals surface area contributed by atoms with Gasteiger partial charge in [-0.2, -0.15) is 0 Å². The normalized spacial score (nSPS) is 20.6. The Labute approximate surface area is 148 Å². The average Bonchev–Trinajstić information content (AvgIpc) is 3.06. The van der Waals surface area contributed by atoms with E-state index in [1.54, 1.807) is 14.2 Å². The lowest BCUT2D eigenvalue weighted by atomic mass is 10.0. The lowest BCUT2D eigenvalue weighted by Crippen LogP contribution is -2.39. The van der Waals surface area contributed by atoms with Gasteiger partial charge in [-0.3, -0.25) is 9.69 Å². The maximum atomic E-state index is 11.8. The van der Waals surface area contributed by atoms with E-state index < -0.39 is 0 Å². The third-order valence-corrected chi connectivity index (χ3v) is 4.79. The van der Waals surface area contributed by atoms with Gasteiger partial charge in [0, 0.05) is 25.8 Å². The van der Waals surface area contributed by atoms with Crippen molar-refractivity contribution in [3.8, 4) is 16.9 Å². The van der Waals surface area contributed by atoms with Gasteiger partial charge in [0.2, 0.25) is 5.91 Å². The van der Waals surface area contributed by atoms with Crippen molar-refractivity contribution in [1.29, 1.82) is 0 Å². The highest BCUT2D eigenvalue weighted by Crippen LogP contribution is 2.30. The second-order valence-electron chi connectivity index (χ2n) is 6.33. The van der Waals surface area contributed by atoms with Gasteiger partial charge < -0.3 is 15.2 Å². The topological polar surface area (TPSA) is 64.8 Å². The van der Waals surface area contributed by atoms with Crippen molar-refractivity contribution >= 4 is 5.91 Å². The zero-order valence-electron chi connectivity index (χ0n) is 14.6. The van der Waals surface area contributed by atoms with Crippen molar-refractivity contribution in [2.75, 3.05) is 20.8 Å². The molecule has 0 spiro atoms. The molecular weight excluding hydrogens is 316 g/mol. The summed E-state index contributed by atoms with van der Waals surface area (Å²) in [6.45, 7) is 1.28. The van der Waals surface area contributed by atoms with Crippen LogP contribution in [0.3, 0.4) is 0 Å². The van der Waals surface area contributed by atoms with Gasteiger partial charge in [-0.05, 0) is 29.7 Å². The number of nitrogens with zero attached hydrogens (tertiary/aromatic N) is 1. The molecule has 2 aromatic carbocycles. The summed E-state index contributed by atoms with van der Waals surface area (Å²) in [6.07, 6.45) is 0.660. The minimum Gasteiger partial charge on any atom is -0.496 e. The van der Waals surface area contributed by atoms with Crippen molar-refractivity contribution in [1.82, 2.24) is 4.90 Å². The fourth-order valence-electron chi connectivity index (χ4n) is 3.43. The maximum absolute atomic E-state index is 11.8. The Morgan fingerprint density at radius 3 is 2.56 bits per heavy atom. The standard InChI is InChI=1S/C20H24N2O3/c1-24-17-11-18(20(21)23)22(13-17)12-16-10-15(8-9-19(16)25-2)14-6-4-3-5-7-14/h3-10,17-18H,11-13H2,1-2H3,(H2,21,23)/t17-,18-/m0/s1. The number of amides is 1. The molecule has 1 aliphatic heterocycles. The number of likely N-dealkylation sites (tertiary alicyclic amines) is 1. The van der Waals surface area contributed by atoms with Crippen molar-refractivity contribution in [3.05, 3.63) is 54.1 Å². The average molecular weight is 340 g/mol. The minimum atomic E-state index is -0.310. The summed E-state index contributed by atoms with van der Waals surface area (Å²) in [5.74, 6) is 0.501. The Bertz CT molecular complexity index is 733. The lowest BCUT2D eigenvalue weighted by Gasteiger charge is -2.23. The van der Waals surface area contributed by atoms with E-state index in [2.05, 4.69) is 23.1 Å². The maximum Gasteiger partial charge on any atom is 0.234 e. The number of hydrogen-bond acceptors (Lipinski definition) is 4. The molecule has 1 fully saturated rings. The van der Waals surface area contributed by atoms with Crippen LogP contribution in [0.1, 0.15) is 12.0 Å². The largest absolute Gasteiger partial charge is 0.496 e. The van der Waals surface area contributed by atoms with Crippen LogP contribution in [0.15, 0.2) is 48.5 Å². The van der Waals surface area contributed by atoms with Crippen LogP contribution >= 0.6 is 0 Å². The monoisotopic (exact) mass is 340 g/mol. The summed E-state index contributed by atoms with van der Waals surface area (Å²) in [5.41, 5.74) is 8.88. The third-order valence-electron chi connectivity index (χ3n) is 4.79. The molecule has 2 atom stereocenters. The molecule has 3 rings (SSSR count). The highest BCUT2D eigenvalue weighted by molar-refractivity contribution is 5.80. The molecule has 0 bridgehead atoms. The Balaban J connectivity index is 1.89. The van der Waals surface area contributed by atoms with Crippen LogP contribution < -0.4 is 10.5 Å². The molecule has 0 aliphatic carbocycles. The first-order valence-electron chi connectivity index (χ1n) is 8.41. The van der Waals surface area contributed by atoms with E-state index >= 15 is 0 Å². The first-order valence-corrected chi connectivity index (χ1v) is 8.41. The second-order valence-corrected chi connectivity index (χ2v) is 6.33. The number of primary amides is 1. The number of benzene rings is 2. The molecule has 1 saturated heterocycles. The van der Waals surface area contributed by atoms with Crippen LogP contribution in [0.4, 0.5) is 0 Å². The van der Waals surface area contributed by atoms with Gasteiger partial charge in [0.15, 0.2) is 0 Å². The zero-order valence-corrected chi connectivity index (χ0v) is 14.6. The molecule has 5 heteroatoms. The number of hydrogen-bond donors (Lipinski definition) is 1. The van der Waals surface area contributed by atoms with Crippen LogP contribution in [0.2, 0.25) is 0 Å².